The molecule has 4 nitrogen and oxygen atoms in total. The Kier molecular flexibility index (Phi) is 5.00. The molecule has 0 heterocycles. The van der Waals surface area contributed by atoms with Crippen LogP contribution in [0.4, 0.5) is 0 Å². The van der Waals surface area contributed by atoms with Crippen molar-refractivity contribution in [3.05, 3.63) is 12.7 Å². The second-order valence-electron chi connectivity index (χ2n) is 5.73. The van der Waals surface area contributed by atoms with E-state index >= 15 is 0 Å². The molecule has 4 heteroatoms. The van der Waals surface area contributed by atoms with E-state index in [-0.39, 0.29) is 24.4 Å². The molecule has 0 aliphatic heterocycles. The molecule has 2 bridgehead atoms. The molecule has 2 atom stereocenters. The molecule has 0 radical (unpaired) electrons. The number of rotatable bonds is 5. The van der Waals surface area contributed by atoms with Crippen LogP contribution in [0.5, 0.6) is 0 Å². The summed E-state index contributed by atoms with van der Waals surface area (Å²) in [5.41, 5.74) is 0. The first-order valence-electron chi connectivity index (χ1n) is 7.27. The summed E-state index contributed by atoms with van der Waals surface area (Å²) in [5.74, 6) is 1.06. The van der Waals surface area contributed by atoms with E-state index in [1.807, 2.05) is 0 Å². The zero-order valence-corrected chi connectivity index (χ0v) is 11.4. The predicted molar refractivity (Wildman–Crippen MR) is 72.4 cm³/mol. The van der Waals surface area contributed by atoms with Crippen molar-refractivity contribution in [3.63, 3.8) is 0 Å². The van der Waals surface area contributed by atoms with Gasteiger partial charge in [0.1, 0.15) is 6.10 Å². The van der Waals surface area contributed by atoms with Gasteiger partial charge in [-0.05, 0) is 37.2 Å². The van der Waals surface area contributed by atoms with E-state index in [9.17, 15) is 9.59 Å². The van der Waals surface area contributed by atoms with Gasteiger partial charge in [-0.2, -0.15) is 0 Å². The van der Waals surface area contributed by atoms with E-state index in [1.54, 1.807) is 0 Å². The quantitative estimate of drug-likeness (QED) is 0.612. The highest BCUT2D eigenvalue weighted by molar-refractivity contribution is 5.87. The third-order valence-electron chi connectivity index (χ3n) is 4.20. The Morgan fingerprint density at radius 3 is 2.53 bits per heavy atom. The average molecular weight is 265 g/mol. The minimum atomic E-state index is -0.250. The summed E-state index contributed by atoms with van der Waals surface area (Å²) in [6.07, 6.45) is 8.85. The van der Waals surface area contributed by atoms with Crippen molar-refractivity contribution in [2.75, 3.05) is 6.54 Å². The zero-order chi connectivity index (χ0) is 13.7. The van der Waals surface area contributed by atoms with Crippen LogP contribution in [0.3, 0.4) is 0 Å². The molecule has 0 aromatic heterocycles. The van der Waals surface area contributed by atoms with Crippen LogP contribution >= 0.6 is 0 Å². The number of nitrogens with one attached hydrogen (secondary N) is 1. The summed E-state index contributed by atoms with van der Waals surface area (Å²) in [6.45, 7) is 3.68. The van der Waals surface area contributed by atoms with E-state index in [0.29, 0.717) is 6.54 Å². The molecule has 1 amide bonds. The maximum Gasteiger partial charge on any atom is 0.307 e. The number of esters is 1. The van der Waals surface area contributed by atoms with Gasteiger partial charge in [-0.25, -0.2) is 0 Å². The average Bonchev–Trinajstić information content (AvgIpc) is 2.38. The molecule has 2 aliphatic rings. The molecule has 2 saturated carbocycles. The molecule has 0 aromatic rings. The third-order valence-corrected chi connectivity index (χ3v) is 4.20. The summed E-state index contributed by atoms with van der Waals surface area (Å²) in [5, 5.41) is 2.58. The van der Waals surface area contributed by atoms with Crippen LogP contribution in [-0.2, 0) is 14.3 Å². The molecule has 2 fully saturated rings. The first-order chi connectivity index (χ1) is 9.17. The highest BCUT2D eigenvalue weighted by Gasteiger charge is 2.33. The van der Waals surface area contributed by atoms with Crippen molar-refractivity contribution in [3.8, 4) is 0 Å². The largest absolute Gasteiger partial charge is 0.462 e. The molecule has 2 aliphatic carbocycles. The van der Waals surface area contributed by atoms with Crippen molar-refractivity contribution >= 4 is 11.9 Å². The molecule has 0 spiro atoms. The summed E-state index contributed by atoms with van der Waals surface area (Å²) in [7, 11) is 0. The van der Waals surface area contributed by atoms with Crippen molar-refractivity contribution in [2.45, 2.75) is 51.0 Å². The predicted octanol–water partition coefficient (Wildman–Crippen LogP) is 2.19. The molecule has 1 N–H and O–H groups in total. The van der Waals surface area contributed by atoms with Crippen LogP contribution in [0.25, 0.3) is 0 Å². The Hall–Kier alpha value is -1.32. The summed E-state index contributed by atoms with van der Waals surface area (Å²) in [4.78, 5) is 22.6. The van der Waals surface area contributed by atoms with Crippen LogP contribution in [0.1, 0.15) is 44.9 Å². The van der Waals surface area contributed by atoms with E-state index in [0.717, 1.165) is 24.7 Å². The van der Waals surface area contributed by atoms with Gasteiger partial charge in [-0.1, -0.05) is 25.8 Å². The van der Waals surface area contributed by atoms with E-state index in [4.69, 9.17) is 4.74 Å². The van der Waals surface area contributed by atoms with E-state index in [1.165, 1.54) is 31.8 Å². The number of amides is 1. The highest BCUT2D eigenvalue weighted by Crippen LogP contribution is 2.40. The minimum absolute atomic E-state index is 0.103. The standard InChI is InChI=1S/C15H23NO3/c1-2-14(17)16-7-6-15(18)19-13-9-11-4-3-5-12(8-11)10-13/h2,11-13H,1,3-10H2,(H,16,17). The van der Waals surface area contributed by atoms with Gasteiger partial charge in [0, 0.05) is 6.54 Å². The SMILES string of the molecule is C=CC(=O)NCCC(=O)OC1CC2CCCC(C2)C1. The molecule has 2 rings (SSSR count). The lowest BCUT2D eigenvalue weighted by Crippen LogP contribution is -2.33. The lowest BCUT2D eigenvalue weighted by Gasteiger charge is -2.38. The maximum atomic E-state index is 11.7. The fourth-order valence-electron chi connectivity index (χ4n) is 3.37. The van der Waals surface area contributed by atoms with Gasteiger partial charge in [0.15, 0.2) is 0 Å². The Morgan fingerprint density at radius 2 is 1.89 bits per heavy atom. The maximum absolute atomic E-state index is 11.7. The van der Waals surface area contributed by atoms with Gasteiger partial charge in [-0.15, -0.1) is 0 Å². The van der Waals surface area contributed by atoms with Gasteiger partial charge < -0.3 is 10.1 Å². The molecule has 106 valence electrons. The Morgan fingerprint density at radius 1 is 1.21 bits per heavy atom. The van der Waals surface area contributed by atoms with Gasteiger partial charge in [0.2, 0.25) is 5.91 Å². The van der Waals surface area contributed by atoms with Crippen LogP contribution in [0.15, 0.2) is 12.7 Å². The van der Waals surface area contributed by atoms with E-state index < -0.39 is 0 Å². The third kappa shape index (κ3) is 4.37. The van der Waals surface area contributed by atoms with Crippen LogP contribution in [0, 0.1) is 11.8 Å². The first kappa shape index (κ1) is 14.1. The fraction of sp³-hybridized carbons (Fsp3) is 0.733. The van der Waals surface area contributed by atoms with Crippen LogP contribution < -0.4 is 5.32 Å². The Bertz CT molecular complexity index is 341. The molecule has 0 saturated heterocycles. The Balaban J connectivity index is 1.67. The van der Waals surface area contributed by atoms with Crippen LogP contribution in [0.2, 0.25) is 0 Å². The monoisotopic (exact) mass is 265 g/mol. The second kappa shape index (κ2) is 6.73. The van der Waals surface area contributed by atoms with Crippen molar-refractivity contribution < 1.29 is 14.3 Å². The molecule has 19 heavy (non-hydrogen) atoms. The smallest absolute Gasteiger partial charge is 0.307 e. The van der Waals surface area contributed by atoms with Gasteiger partial charge in [0.25, 0.3) is 0 Å². The number of carbonyl (C=O) groups is 2. The summed E-state index contributed by atoms with van der Waals surface area (Å²) in [6, 6.07) is 0. The van der Waals surface area contributed by atoms with Crippen molar-refractivity contribution in [2.24, 2.45) is 11.8 Å². The lowest BCUT2D eigenvalue weighted by atomic mass is 9.71. The lowest BCUT2D eigenvalue weighted by molar-refractivity contribution is -0.152. The summed E-state index contributed by atoms with van der Waals surface area (Å²) < 4.78 is 5.53. The molecular weight excluding hydrogens is 242 g/mol. The number of ether oxygens (including phenoxy) is 1. The number of fused-ring (bicyclic) bond motifs is 2. The van der Waals surface area contributed by atoms with Crippen LogP contribution in [-0.4, -0.2) is 24.5 Å². The molecule has 2 unspecified atom stereocenters. The van der Waals surface area contributed by atoms with Crippen molar-refractivity contribution in [1.29, 1.82) is 0 Å². The normalized spacial score (nSPS) is 29.4. The number of carbonyl (C=O) groups excluding carboxylic acids is 2. The van der Waals surface area contributed by atoms with Crippen molar-refractivity contribution in [1.82, 2.24) is 5.32 Å². The second-order valence-corrected chi connectivity index (χ2v) is 5.73. The summed E-state index contributed by atoms with van der Waals surface area (Å²) >= 11 is 0. The zero-order valence-electron chi connectivity index (χ0n) is 11.4. The van der Waals surface area contributed by atoms with Gasteiger partial charge in [0.05, 0.1) is 6.42 Å². The minimum Gasteiger partial charge on any atom is -0.462 e. The topological polar surface area (TPSA) is 55.4 Å². The first-order valence-corrected chi connectivity index (χ1v) is 7.27. The van der Waals surface area contributed by atoms with Gasteiger partial charge >= 0.3 is 5.97 Å². The molecular formula is C15H23NO3. The van der Waals surface area contributed by atoms with E-state index in [2.05, 4.69) is 11.9 Å². The highest BCUT2D eigenvalue weighted by atomic mass is 16.5. The Labute approximate surface area is 114 Å². The number of hydrogen-bond acceptors (Lipinski definition) is 3. The fourth-order valence-corrected chi connectivity index (χ4v) is 3.37. The molecule has 0 aromatic carbocycles. The number of hydrogen-bond donors (Lipinski definition) is 1. The van der Waals surface area contributed by atoms with Gasteiger partial charge in [-0.3, -0.25) is 9.59 Å².